The molecule has 0 spiro atoms. The van der Waals surface area contributed by atoms with Crippen LogP contribution in [0.4, 0.5) is 11.4 Å². The lowest BCUT2D eigenvalue weighted by molar-refractivity contribution is 0.102. The van der Waals surface area contributed by atoms with Gasteiger partial charge in [0, 0.05) is 22.3 Å². The number of fused-ring (bicyclic) bond motifs is 1. The van der Waals surface area contributed by atoms with Crippen molar-refractivity contribution < 1.29 is 13.2 Å². The Kier molecular flexibility index (Phi) is 4.95. The maximum Gasteiger partial charge on any atom is 0.264 e. The summed E-state index contributed by atoms with van der Waals surface area (Å²) in [5.41, 5.74) is 2.81. The summed E-state index contributed by atoms with van der Waals surface area (Å²) >= 11 is 3.34. The van der Waals surface area contributed by atoms with E-state index in [1.165, 1.54) is 16.4 Å². The minimum absolute atomic E-state index is 0.199. The van der Waals surface area contributed by atoms with E-state index in [0.717, 1.165) is 15.7 Å². The molecule has 0 aromatic heterocycles. The van der Waals surface area contributed by atoms with E-state index in [4.69, 9.17) is 0 Å². The number of nitrogens with zero attached hydrogens (tertiary/aromatic N) is 1. The minimum atomic E-state index is -3.64. The fourth-order valence-corrected chi connectivity index (χ4v) is 5.13. The summed E-state index contributed by atoms with van der Waals surface area (Å²) in [6.07, 6.45) is 0.705. The summed E-state index contributed by atoms with van der Waals surface area (Å²) < 4.78 is 28.3. The zero-order valence-corrected chi connectivity index (χ0v) is 17.2. The SMILES string of the molecule is O=C(Nc1ccc(S(=O)(=O)N2CCc3ccccc32)cc1)c1cccc(Br)c1. The molecule has 1 aliphatic rings. The molecule has 4 rings (SSSR count). The number of carbonyl (C=O) groups is 1. The molecule has 0 atom stereocenters. The van der Waals surface area contributed by atoms with E-state index in [-0.39, 0.29) is 10.8 Å². The van der Waals surface area contributed by atoms with Crippen molar-refractivity contribution in [3.63, 3.8) is 0 Å². The predicted octanol–water partition coefficient (Wildman–Crippen LogP) is 4.45. The number of anilines is 2. The fourth-order valence-electron chi connectivity index (χ4n) is 3.23. The second kappa shape index (κ2) is 7.41. The lowest BCUT2D eigenvalue weighted by atomic mass is 10.2. The normalized spacial score (nSPS) is 13.2. The van der Waals surface area contributed by atoms with Crippen LogP contribution in [0.15, 0.2) is 82.2 Å². The van der Waals surface area contributed by atoms with Gasteiger partial charge < -0.3 is 5.32 Å². The number of hydrogen-bond acceptors (Lipinski definition) is 3. The second-order valence-electron chi connectivity index (χ2n) is 6.44. The van der Waals surface area contributed by atoms with Gasteiger partial charge in [0.2, 0.25) is 0 Å². The van der Waals surface area contributed by atoms with Crippen LogP contribution >= 0.6 is 15.9 Å². The first-order chi connectivity index (χ1) is 13.4. The van der Waals surface area contributed by atoms with Gasteiger partial charge in [-0.3, -0.25) is 9.10 Å². The van der Waals surface area contributed by atoms with Gasteiger partial charge in [-0.25, -0.2) is 8.42 Å². The third-order valence-corrected chi connectivity index (χ3v) is 6.95. The molecular formula is C21H17BrN2O3S. The predicted molar refractivity (Wildman–Crippen MR) is 113 cm³/mol. The van der Waals surface area contributed by atoms with Crippen molar-refractivity contribution in [2.75, 3.05) is 16.2 Å². The first-order valence-corrected chi connectivity index (χ1v) is 11.0. The Hall–Kier alpha value is -2.64. The van der Waals surface area contributed by atoms with E-state index in [0.29, 0.717) is 24.2 Å². The molecule has 5 nitrogen and oxygen atoms in total. The number of sulfonamides is 1. The zero-order chi connectivity index (χ0) is 19.7. The third kappa shape index (κ3) is 3.55. The largest absolute Gasteiger partial charge is 0.322 e. The molecule has 1 N–H and O–H groups in total. The van der Waals surface area contributed by atoms with Crippen LogP contribution < -0.4 is 9.62 Å². The molecule has 28 heavy (non-hydrogen) atoms. The van der Waals surface area contributed by atoms with Crippen LogP contribution in [0.2, 0.25) is 0 Å². The highest BCUT2D eigenvalue weighted by Crippen LogP contribution is 2.32. The number of halogens is 1. The molecule has 0 fully saturated rings. The molecule has 3 aromatic rings. The number of rotatable bonds is 4. The number of para-hydroxylation sites is 1. The van der Waals surface area contributed by atoms with Gasteiger partial charge in [-0.15, -0.1) is 0 Å². The Labute approximate surface area is 172 Å². The summed E-state index contributed by atoms with van der Waals surface area (Å²) in [6, 6.07) is 20.8. The van der Waals surface area contributed by atoms with Crippen molar-refractivity contribution in [1.82, 2.24) is 0 Å². The van der Waals surface area contributed by atoms with Gasteiger partial charge in [-0.1, -0.05) is 40.2 Å². The molecule has 7 heteroatoms. The van der Waals surface area contributed by atoms with E-state index >= 15 is 0 Å². The van der Waals surface area contributed by atoms with Crippen molar-refractivity contribution in [2.45, 2.75) is 11.3 Å². The Balaban J connectivity index is 1.54. The Morgan fingerprint density at radius 3 is 2.46 bits per heavy atom. The Bertz CT molecular complexity index is 1140. The van der Waals surface area contributed by atoms with Crippen LogP contribution in [0, 0.1) is 0 Å². The monoisotopic (exact) mass is 456 g/mol. The fraction of sp³-hybridized carbons (Fsp3) is 0.0952. The van der Waals surface area contributed by atoms with Gasteiger partial charge in [0.25, 0.3) is 15.9 Å². The van der Waals surface area contributed by atoms with E-state index in [2.05, 4.69) is 21.2 Å². The van der Waals surface area contributed by atoms with E-state index in [9.17, 15) is 13.2 Å². The maximum atomic E-state index is 13.0. The van der Waals surface area contributed by atoms with Crippen molar-refractivity contribution >= 4 is 43.2 Å². The van der Waals surface area contributed by atoms with Crippen molar-refractivity contribution in [2.24, 2.45) is 0 Å². The van der Waals surface area contributed by atoms with E-state index in [1.807, 2.05) is 30.3 Å². The Morgan fingerprint density at radius 2 is 1.71 bits per heavy atom. The summed E-state index contributed by atoms with van der Waals surface area (Å²) in [5, 5.41) is 2.78. The number of hydrogen-bond donors (Lipinski definition) is 1. The topological polar surface area (TPSA) is 66.5 Å². The van der Waals surface area contributed by atoms with Gasteiger partial charge in [-0.2, -0.15) is 0 Å². The second-order valence-corrected chi connectivity index (χ2v) is 9.22. The quantitative estimate of drug-likeness (QED) is 0.630. The molecule has 0 saturated carbocycles. The standard InChI is InChI=1S/C21H17BrN2O3S/c22-17-6-3-5-16(14-17)21(25)23-18-8-10-19(11-9-18)28(26,27)24-13-12-15-4-1-2-7-20(15)24/h1-11,14H,12-13H2,(H,23,25). The molecule has 3 aromatic carbocycles. The number of amides is 1. The summed E-state index contributed by atoms with van der Waals surface area (Å²) in [5.74, 6) is -0.259. The molecular weight excluding hydrogens is 440 g/mol. The summed E-state index contributed by atoms with van der Waals surface area (Å²) in [6.45, 7) is 0.434. The van der Waals surface area contributed by atoms with Crippen LogP contribution in [-0.2, 0) is 16.4 Å². The van der Waals surface area contributed by atoms with Gasteiger partial charge in [-0.05, 0) is 60.5 Å². The van der Waals surface area contributed by atoms with E-state index in [1.54, 1.807) is 30.3 Å². The minimum Gasteiger partial charge on any atom is -0.322 e. The van der Waals surface area contributed by atoms with Crippen molar-refractivity contribution in [3.8, 4) is 0 Å². The van der Waals surface area contributed by atoms with Crippen LogP contribution in [0.5, 0.6) is 0 Å². The average molecular weight is 457 g/mol. The molecule has 0 unspecified atom stereocenters. The molecule has 0 saturated heterocycles. The molecule has 0 bridgehead atoms. The van der Waals surface area contributed by atoms with Crippen LogP contribution in [-0.4, -0.2) is 20.9 Å². The maximum absolute atomic E-state index is 13.0. The van der Waals surface area contributed by atoms with Crippen molar-refractivity contribution in [3.05, 3.63) is 88.4 Å². The average Bonchev–Trinajstić information content (AvgIpc) is 3.13. The molecule has 142 valence electrons. The summed E-state index contributed by atoms with van der Waals surface area (Å²) in [4.78, 5) is 12.5. The number of benzene rings is 3. The molecule has 0 aliphatic carbocycles. The Morgan fingerprint density at radius 1 is 0.964 bits per heavy atom. The summed E-state index contributed by atoms with van der Waals surface area (Å²) in [7, 11) is -3.64. The lowest BCUT2D eigenvalue weighted by Gasteiger charge is -2.19. The highest BCUT2D eigenvalue weighted by atomic mass is 79.9. The highest BCUT2D eigenvalue weighted by Gasteiger charge is 2.30. The third-order valence-electron chi connectivity index (χ3n) is 4.63. The first kappa shape index (κ1) is 18.7. The van der Waals surface area contributed by atoms with Gasteiger partial charge in [0.05, 0.1) is 10.6 Å². The number of nitrogens with one attached hydrogen (secondary N) is 1. The van der Waals surface area contributed by atoms with E-state index < -0.39 is 10.0 Å². The van der Waals surface area contributed by atoms with Gasteiger partial charge >= 0.3 is 0 Å². The molecule has 1 aliphatic heterocycles. The molecule has 1 amide bonds. The smallest absolute Gasteiger partial charge is 0.264 e. The molecule has 1 heterocycles. The van der Waals surface area contributed by atoms with Crippen LogP contribution in [0.1, 0.15) is 15.9 Å². The van der Waals surface area contributed by atoms with Crippen LogP contribution in [0.25, 0.3) is 0 Å². The number of carbonyl (C=O) groups excluding carboxylic acids is 1. The lowest BCUT2D eigenvalue weighted by Crippen LogP contribution is -2.29. The highest BCUT2D eigenvalue weighted by molar-refractivity contribution is 9.10. The van der Waals surface area contributed by atoms with Gasteiger partial charge in [0.1, 0.15) is 0 Å². The van der Waals surface area contributed by atoms with Crippen molar-refractivity contribution in [1.29, 1.82) is 0 Å². The van der Waals surface area contributed by atoms with Crippen LogP contribution in [0.3, 0.4) is 0 Å². The zero-order valence-electron chi connectivity index (χ0n) is 14.8. The van der Waals surface area contributed by atoms with Gasteiger partial charge in [0.15, 0.2) is 0 Å². The first-order valence-electron chi connectivity index (χ1n) is 8.73. The molecule has 0 radical (unpaired) electrons.